The van der Waals surface area contributed by atoms with Gasteiger partial charge in [-0.15, -0.1) is 22.7 Å². The average molecular weight is 625 g/mol. The number of aromatic nitrogens is 2. The molecular formula is C28H12N6O4S4. The minimum absolute atomic E-state index is 0.303. The third kappa shape index (κ3) is 2.96. The van der Waals surface area contributed by atoms with Gasteiger partial charge in [0.05, 0.1) is 45.3 Å². The molecule has 3 aromatic carbocycles. The summed E-state index contributed by atoms with van der Waals surface area (Å²) in [7, 11) is 2.98. The zero-order chi connectivity index (χ0) is 28.6. The van der Waals surface area contributed by atoms with Crippen LogP contribution in [0.15, 0.2) is 45.1 Å². The molecule has 3 aromatic heterocycles. The van der Waals surface area contributed by atoms with E-state index in [1.807, 2.05) is 12.1 Å². The Kier molecular flexibility index (Phi) is 4.64. The van der Waals surface area contributed by atoms with Crippen molar-refractivity contribution in [1.82, 2.24) is 18.5 Å². The second-order valence-electron chi connectivity index (χ2n) is 10.1. The SMILES string of the molecule is CN1C(=O)c2cc3cc(-c4c5c(c(-c6cc7cc8c(cc7s6)C(=O)N(C)C8=O)c6nsnc46)N=S=N5)sc3cc2C1=O. The first-order valence-corrected chi connectivity index (χ1v) is 15.6. The summed E-state index contributed by atoms with van der Waals surface area (Å²) >= 11 is 5.21. The van der Waals surface area contributed by atoms with Gasteiger partial charge in [0, 0.05) is 44.4 Å². The summed E-state index contributed by atoms with van der Waals surface area (Å²) in [4.78, 5) is 54.4. The van der Waals surface area contributed by atoms with Gasteiger partial charge in [0.2, 0.25) is 0 Å². The van der Waals surface area contributed by atoms with E-state index < -0.39 is 0 Å². The van der Waals surface area contributed by atoms with E-state index in [2.05, 4.69) is 17.5 Å². The predicted molar refractivity (Wildman–Crippen MR) is 163 cm³/mol. The molecule has 3 aliphatic rings. The molecule has 42 heavy (non-hydrogen) atoms. The molecular weight excluding hydrogens is 613 g/mol. The lowest BCUT2D eigenvalue weighted by atomic mass is 9.99. The summed E-state index contributed by atoms with van der Waals surface area (Å²) in [5.41, 5.74) is 5.99. The summed E-state index contributed by atoms with van der Waals surface area (Å²) < 4.78 is 20.5. The Balaban J connectivity index is 1.25. The van der Waals surface area contributed by atoms with E-state index in [-0.39, 0.29) is 23.6 Å². The lowest BCUT2D eigenvalue weighted by molar-refractivity contribution is 0.0678. The second kappa shape index (κ2) is 8.07. The van der Waals surface area contributed by atoms with Crippen LogP contribution < -0.4 is 0 Å². The van der Waals surface area contributed by atoms with Gasteiger partial charge in [-0.2, -0.15) is 17.5 Å². The molecule has 0 N–H and O–H groups in total. The zero-order valence-corrected chi connectivity index (χ0v) is 24.7. The Bertz CT molecular complexity index is 2160. The van der Waals surface area contributed by atoms with E-state index in [0.717, 1.165) is 73.9 Å². The quantitative estimate of drug-likeness (QED) is 0.199. The number of nitrogens with zero attached hydrogens (tertiary/aromatic N) is 6. The number of carbonyl (C=O) groups excluding carboxylic acids is 4. The number of benzene rings is 3. The topological polar surface area (TPSA) is 125 Å². The van der Waals surface area contributed by atoms with E-state index in [1.54, 1.807) is 24.3 Å². The van der Waals surface area contributed by atoms with Gasteiger partial charge in [-0.3, -0.25) is 29.0 Å². The summed E-state index contributed by atoms with van der Waals surface area (Å²) in [6, 6.07) is 11.1. The molecule has 0 radical (unpaired) electrons. The molecule has 14 heteroatoms. The number of imide groups is 2. The number of fused-ring (bicyclic) bond motifs is 6. The number of rotatable bonds is 2. The Morgan fingerprint density at radius 3 is 1.40 bits per heavy atom. The highest BCUT2D eigenvalue weighted by atomic mass is 32.1. The van der Waals surface area contributed by atoms with Gasteiger partial charge in [0.1, 0.15) is 22.4 Å². The van der Waals surface area contributed by atoms with Crippen LogP contribution in [-0.4, -0.2) is 56.3 Å². The highest BCUT2D eigenvalue weighted by Gasteiger charge is 2.35. The van der Waals surface area contributed by atoms with Crippen LogP contribution in [0.4, 0.5) is 11.4 Å². The normalized spacial score (nSPS) is 15.6. The molecule has 0 bridgehead atoms. The van der Waals surface area contributed by atoms with Gasteiger partial charge in [0.15, 0.2) is 0 Å². The molecule has 0 spiro atoms. The van der Waals surface area contributed by atoms with Gasteiger partial charge in [-0.05, 0) is 47.2 Å². The molecule has 0 saturated heterocycles. The molecule has 0 fully saturated rings. The molecule has 6 heterocycles. The maximum atomic E-state index is 12.6. The van der Waals surface area contributed by atoms with Crippen LogP contribution in [0.3, 0.4) is 0 Å². The van der Waals surface area contributed by atoms with E-state index in [9.17, 15) is 19.2 Å². The molecule has 202 valence electrons. The molecule has 0 saturated carbocycles. The van der Waals surface area contributed by atoms with Crippen molar-refractivity contribution in [2.75, 3.05) is 14.1 Å². The maximum absolute atomic E-state index is 12.6. The third-order valence-corrected chi connectivity index (χ3v) is 11.2. The van der Waals surface area contributed by atoms with Crippen molar-refractivity contribution in [3.63, 3.8) is 0 Å². The minimum Gasteiger partial charge on any atom is -0.277 e. The first-order chi connectivity index (χ1) is 20.3. The van der Waals surface area contributed by atoms with Gasteiger partial charge in [0.25, 0.3) is 23.6 Å². The van der Waals surface area contributed by atoms with Crippen molar-refractivity contribution in [1.29, 1.82) is 0 Å². The molecule has 9 rings (SSSR count). The Morgan fingerprint density at radius 1 is 0.571 bits per heavy atom. The standard InChI is InChI=1S/C28H12N6O4S4/c1-33-25(35)11-3-9-5-17(39-15(9)7-13(11)27(33)37)19-21-23(31-41-29-21)20(24-22(19)30-42-32-24)18-6-10-4-12-14(8-16(10)40-18)28(38)34(2)26(12)36/h3-8H,1-2H3. The van der Waals surface area contributed by atoms with Crippen LogP contribution >= 0.6 is 34.4 Å². The highest BCUT2D eigenvalue weighted by molar-refractivity contribution is 7.58. The van der Waals surface area contributed by atoms with Crippen LogP contribution in [0.5, 0.6) is 0 Å². The fourth-order valence-electron chi connectivity index (χ4n) is 5.76. The highest BCUT2D eigenvalue weighted by Crippen LogP contribution is 2.55. The lowest BCUT2D eigenvalue weighted by Gasteiger charge is -2.09. The molecule has 10 nitrogen and oxygen atoms in total. The van der Waals surface area contributed by atoms with Crippen LogP contribution in [0, 0.1) is 0 Å². The summed E-state index contributed by atoms with van der Waals surface area (Å²) in [6.07, 6.45) is 0. The largest absolute Gasteiger partial charge is 0.277 e. The fourth-order valence-corrected chi connectivity index (χ4v) is 9.14. The van der Waals surface area contributed by atoms with E-state index in [4.69, 9.17) is 0 Å². The summed E-state index contributed by atoms with van der Waals surface area (Å²) in [5, 5.41) is 1.71. The Labute approximate surface area is 251 Å². The maximum Gasteiger partial charge on any atom is 0.261 e. The van der Waals surface area contributed by atoms with Crippen molar-refractivity contribution >= 4 is 112 Å². The molecule has 0 aliphatic carbocycles. The summed E-state index contributed by atoms with van der Waals surface area (Å²) in [6.45, 7) is 0. The first-order valence-electron chi connectivity index (χ1n) is 12.5. The smallest absolute Gasteiger partial charge is 0.261 e. The van der Waals surface area contributed by atoms with Crippen molar-refractivity contribution in [2.24, 2.45) is 8.73 Å². The number of carbonyl (C=O) groups is 4. The average Bonchev–Trinajstić information content (AvgIpc) is 3.83. The van der Waals surface area contributed by atoms with E-state index in [0.29, 0.717) is 44.7 Å². The molecule has 3 aliphatic heterocycles. The van der Waals surface area contributed by atoms with Crippen LogP contribution in [0.25, 0.3) is 52.1 Å². The molecule has 6 aromatic rings. The van der Waals surface area contributed by atoms with Gasteiger partial charge >= 0.3 is 0 Å². The molecule has 0 atom stereocenters. The Hall–Kier alpha value is -4.50. The van der Waals surface area contributed by atoms with Crippen molar-refractivity contribution in [3.8, 4) is 20.9 Å². The zero-order valence-electron chi connectivity index (χ0n) is 21.4. The monoisotopic (exact) mass is 624 g/mol. The first kappa shape index (κ1) is 24.1. The van der Waals surface area contributed by atoms with Crippen LogP contribution in [0.2, 0.25) is 0 Å². The van der Waals surface area contributed by atoms with Crippen molar-refractivity contribution in [3.05, 3.63) is 58.7 Å². The van der Waals surface area contributed by atoms with Gasteiger partial charge in [-0.25, -0.2) is 0 Å². The minimum atomic E-state index is -0.305. The van der Waals surface area contributed by atoms with E-state index >= 15 is 0 Å². The second-order valence-corrected chi connectivity index (χ2v) is 13.3. The fraction of sp³-hybridized carbons (Fsp3) is 0.0714. The van der Waals surface area contributed by atoms with E-state index in [1.165, 1.54) is 36.8 Å². The summed E-state index contributed by atoms with van der Waals surface area (Å²) in [5.74, 6) is -1.22. The van der Waals surface area contributed by atoms with Crippen LogP contribution in [-0.2, 0) is 11.4 Å². The lowest BCUT2D eigenvalue weighted by Crippen LogP contribution is -2.24. The van der Waals surface area contributed by atoms with Gasteiger partial charge in [-0.1, -0.05) is 0 Å². The molecule has 4 amide bonds. The Morgan fingerprint density at radius 2 is 0.976 bits per heavy atom. The number of amides is 4. The van der Waals surface area contributed by atoms with Crippen molar-refractivity contribution in [2.45, 2.75) is 0 Å². The molecule has 0 unspecified atom stereocenters. The van der Waals surface area contributed by atoms with Crippen molar-refractivity contribution < 1.29 is 19.2 Å². The third-order valence-electron chi connectivity index (χ3n) is 7.87. The predicted octanol–water partition coefficient (Wildman–Crippen LogP) is 6.63. The van der Waals surface area contributed by atoms with Crippen LogP contribution in [0.1, 0.15) is 41.4 Å². The number of hydrogen-bond acceptors (Lipinski definition) is 11. The van der Waals surface area contributed by atoms with Gasteiger partial charge < -0.3 is 0 Å². The number of thiophene rings is 2. The number of hydrogen-bond donors (Lipinski definition) is 0.